The van der Waals surface area contributed by atoms with Crippen LogP contribution in [-0.4, -0.2) is 0 Å². The van der Waals surface area contributed by atoms with Crippen LogP contribution in [-0.2, 0) is 0 Å². The Hall–Kier alpha value is 1.18. The maximum absolute atomic E-state index is 3.02. The molecule has 0 spiro atoms. The first-order chi connectivity index (χ1) is 1.91. The van der Waals surface area contributed by atoms with Gasteiger partial charge in [-0.2, -0.15) is 0 Å². The van der Waals surface area contributed by atoms with E-state index in [1.807, 2.05) is 0 Å². The molecule has 32 valence electrons. The van der Waals surface area contributed by atoms with Crippen LogP contribution in [0.25, 0.3) is 0 Å². The van der Waals surface area contributed by atoms with E-state index in [1.54, 1.807) is 9.97 Å². The molecule has 0 unspecified atom stereocenters. The van der Waals surface area contributed by atoms with Crippen molar-refractivity contribution >= 4 is 48.8 Å². The maximum Gasteiger partial charge on any atom is -0.0120 e. The topological polar surface area (TPSA) is 0 Å². The molecule has 0 aliphatic heterocycles. The van der Waals surface area contributed by atoms with Crippen LogP contribution in [0.4, 0.5) is 0 Å². The fourth-order valence-electron chi connectivity index (χ4n) is 0. The van der Waals surface area contributed by atoms with Gasteiger partial charge in [0, 0.05) is 0 Å². The van der Waals surface area contributed by atoms with E-state index in [4.69, 9.17) is 0 Å². The second-order valence-corrected chi connectivity index (χ2v) is 1.31. The Kier molecular flexibility index (Phi) is 17.0. The van der Waals surface area contributed by atoms with E-state index >= 15 is 0 Å². The summed E-state index contributed by atoms with van der Waals surface area (Å²) < 4.78 is 0. The quantitative estimate of drug-likeness (QED) is 0.633. The first kappa shape index (κ1) is 9.49. The molecule has 0 aromatic carbocycles. The van der Waals surface area contributed by atoms with E-state index in [0.29, 0.717) is 0 Å². The van der Waals surface area contributed by atoms with Crippen LogP contribution < -0.4 is 0 Å². The summed E-state index contributed by atoms with van der Waals surface area (Å²) >= 11 is 6.04. The van der Waals surface area contributed by atoms with Gasteiger partial charge in [-0.15, -0.1) is 17.0 Å². The van der Waals surface area contributed by atoms with Crippen LogP contribution in [0.1, 0.15) is 0 Å². The van der Waals surface area contributed by atoms with Crippen molar-refractivity contribution in [3.8, 4) is 0 Å². The predicted octanol–water partition coefficient (Wildman–Crippen LogP) is 2.83. The van der Waals surface area contributed by atoms with E-state index in [-0.39, 0.29) is 17.0 Å². The highest BCUT2D eigenvalue weighted by atomic mass is 79.9. The van der Waals surface area contributed by atoms with Gasteiger partial charge < -0.3 is 0 Å². The van der Waals surface area contributed by atoms with Crippen LogP contribution in [0.3, 0.4) is 0 Å². The first-order valence-corrected chi connectivity index (χ1v) is 2.60. The molecule has 0 rings (SSSR count). The van der Waals surface area contributed by atoms with E-state index in [2.05, 4.69) is 31.9 Å². The van der Waals surface area contributed by atoms with Crippen molar-refractivity contribution in [3.05, 3.63) is 9.97 Å². The van der Waals surface area contributed by atoms with Gasteiger partial charge in [0.15, 0.2) is 0 Å². The SMILES string of the molecule is Br.BrC=CBr. The van der Waals surface area contributed by atoms with Gasteiger partial charge in [0.25, 0.3) is 0 Å². The smallest absolute Gasteiger partial charge is 0.0120 e. The summed E-state index contributed by atoms with van der Waals surface area (Å²) in [5.74, 6) is 0. The second kappa shape index (κ2) is 8.95. The number of rotatable bonds is 0. The summed E-state index contributed by atoms with van der Waals surface area (Å²) in [5, 5.41) is 0. The van der Waals surface area contributed by atoms with Gasteiger partial charge in [-0.1, -0.05) is 31.9 Å². The lowest BCUT2D eigenvalue weighted by Crippen LogP contribution is -1.07. The summed E-state index contributed by atoms with van der Waals surface area (Å²) in [7, 11) is 0. The van der Waals surface area contributed by atoms with Crippen molar-refractivity contribution < 1.29 is 0 Å². The molecule has 0 aromatic heterocycles. The molecule has 0 aromatic rings. The molecule has 0 saturated heterocycles. The molecule has 0 N–H and O–H groups in total. The molecule has 0 atom stereocenters. The normalized spacial score (nSPS) is 7.60. The van der Waals surface area contributed by atoms with Gasteiger partial charge in [-0.25, -0.2) is 0 Å². The lowest BCUT2D eigenvalue weighted by atomic mass is 11.3. The summed E-state index contributed by atoms with van der Waals surface area (Å²) in [6, 6.07) is 0. The van der Waals surface area contributed by atoms with Crippen LogP contribution in [0, 0.1) is 0 Å². The molecular formula is C2H3Br3. The lowest BCUT2D eigenvalue weighted by Gasteiger charge is -1.44. The van der Waals surface area contributed by atoms with Crippen LogP contribution in [0.15, 0.2) is 9.97 Å². The van der Waals surface area contributed by atoms with Crippen LogP contribution >= 0.6 is 48.8 Å². The van der Waals surface area contributed by atoms with Crippen molar-refractivity contribution in [3.63, 3.8) is 0 Å². The average molecular weight is 267 g/mol. The fourth-order valence-corrected chi connectivity index (χ4v) is 0. The summed E-state index contributed by atoms with van der Waals surface area (Å²) in [4.78, 5) is 3.46. The van der Waals surface area contributed by atoms with Gasteiger partial charge in [-0.05, 0) is 9.97 Å². The number of halogens is 3. The predicted molar refractivity (Wildman–Crippen MR) is 37.3 cm³/mol. The van der Waals surface area contributed by atoms with Gasteiger partial charge in [0.1, 0.15) is 0 Å². The van der Waals surface area contributed by atoms with Crippen molar-refractivity contribution in [2.45, 2.75) is 0 Å². The Balaban J connectivity index is 0. The van der Waals surface area contributed by atoms with Crippen molar-refractivity contribution in [1.82, 2.24) is 0 Å². The first-order valence-electron chi connectivity index (χ1n) is 0.770. The Labute approximate surface area is 58.7 Å². The van der Waals surface area contributed by atoms with Gasteiger partial charge in [0.2, 0.25) is 0 Å². The minimum Gasteiger partial charge on any atom is -0.114 e. The van der Waals surface area contributed by atoms with Crippen molar-refractivity contribution in [2.75, 3.05) is 0 Å². The highest BCUT2D eigenvalue weighted by Crippen LogP contribution is 1.86. The van der Waals surface area contributed by atoms with E-state index < -0.39 is 0 Å². The molecule has 0 aliphatic carbocycles. The van der Waals surface area contributed by atoms with Gasteiger partial charge in [-0.3, -0.25) is 0 Å². The zero-order valence-corrected chi connectivity index (χ0v) is 7.20. The van der Waals surface area contributed by atoms with Gasteiger partial charge in [0.05, 0.1) is 0 Å². The number of hydrogen-bond donors (Lipinski definition) is 0. The highest BCUT2D eigenvalue weighted by molar-refractivity contribution is 9.13. The molecule has 5 heavy (non-hydrogen) atoms. The third kappa shape index (κ3) is 11.0. The molecular weight excluding hydrogens is 264 g/mol. The molecule has 3 heteroatoms. The molecule has 0 aliphatic rings. The summed E-state index contributed by atoms with van der Waals surface area (Å²) in [6.07, 6.45) is 0. The Morgan fingerprint density at radius 1 is 1.00 bits per heavy atom. The second-order valence-electron chi connectivity index (χ2n) is 0.252. The van der Waals surface area contributed by atoms with Crippen molar-refractivity contribution in [1.29, 1.82) is 0 Å². The summed E-state index contributed by atoms with van der Waals surface area (Å²) in [6.45, 7) is 0. The Bertz CT molecular complexity index is 20.1. The standard InChI is InChI=1S/C2H2Br2.BrH/c3-1-2-4;/h1-2H;1H. The van der Waals surface area contributed by atoms with Gasteiger partial charge >= 0.3 is 0 Å². The molecule has 0 amide bonds. The lowest BCUT2D eigenvalue weighted by molar-refractivity contribution is 2.65. The van der Waals surface area contributed by atoms with Crippen LogP contribution in [0.5, 0.6) is 0 Å². The monoisotopic (exact) mass is 264 g/mol. The third-order valence-corrected chi connectivity index (χ3v) is 1.29. The minimum atomic E-state index is 0. The zero-order chi connectivity index (χ0) is 3.41. The fraction of sp³-hybridized carbons (Fsp3) is 0. The maximum atomic E-state index is 3.02. The molecule has 0 heterocycles. The van der Waals surface area contributed by atoms with E-state index in [9.17, 15) is 0 Å². The summed E-state index contributed by atoms with van der Waals surface area (Å²) in [5.41, 5.74) is 0. The van der Waals surface area contributed by atoms with Crippen LogP contribution in [0.2, 0.25) is 0 Å². The molecule has 0 nitrogen and oxygen atoms in total. The molecule has 0 bridgehead atoms. The minimum absolute atomic E-state index is 0. The molecule has 0 saturated carbocycles. The van der Waals surface area contributed by atoms with E-state index in [1.165, 1.54) is 0 Å². The Morgan fingerprint density at radius 2 is 1.20 bits per heavy atom. The average Bonchev–Trinajstić information content (AvgIpc) is 1.37. The largest absolute Gasteiger partial charge is 0.114 e. The zero-order valence-electron chi connectivity index (χ0n) is 2.32. The highest BCUT2D eigenvalue weighted by Gasteiger charge is 1.39. The molecule has 0 radical (unpaired) electrons. The number of hydrogen-bond acceptors (Lipinski definition) is 0. The Morgan fingerprint density at radius 3 is 1.20 bits per heavy atom. The molecule has 0 fully saturated rings. The van der Waals surface area contributed by atoms with E-state index in [0.717, 1.165) is 0 Å². The third-order valence-electron chi connectivity index (χ3n) is 0.0476. The van der Waals surface area contributed by atoms with Crippen molar-refractivity contribution in [2.24, 2.45) is 0 Å².